The first kappa shape index (κ1) is 13.5. The molecule has 0 aromatic heterocycles. The molecule has 1 rings (SSSR count). The summed E-state index contributed by atoms with van der Waals surface area (Å²) in [6.45, 7) is 6.04. The van der Waals surface area contributed by atoms with Crippen LogP contribution < -0.4 is 5.32 Å². The molecule has 90 valence electrons. The highest BCUT2D eigenvalue weighted by atomic mass is 35.5. The van der Waals surface area contributed by atoms with E-state index in [0.717, 1.165) is 24.5 Å². The van der Waals surface area contributed by atoms with Crippen LogP contribution in [0.25, 0.3) is 0 Å². The predicted octanol–water partition coefficient (Wildman–Crippen LogP) is 2.84. The third-order valence-electron chi connectivity index (χ3n) is 3.03. The van der Waals surface area contributed by atoms with Gasteiger partial charge >= 0.3 is 0 Å². The minimum atomic E-state index is -0.0214. The van der Waals surface area contributed by atoms with Crippen LogP contribution in [0, 0.1) is 5.41 Å². The van der Waals surface area contributed by atoms with Crippen LogP contribution in [-0.2, 0) is 6.54 Å². The summed E-state index contributed by atoms with van der Waals surface area (Å²) in [5.74, 6) is 0. The van der Waals surface area contributed by atoms with Gasteiger partial charge in [-0.25, -0.2) is 0 Å². The molecule has 1 unspecified atom stereocenters. The molecule has 0 fully saturated rings. The molecule has 16 heavy (non-hydrogen) atoms. The third kappa shape index (κ3) is 4.12. The Balaban J connectivity index is 2.38. The number of rotatable bonds is 6. The fourth-order valence-corrected chi connectivity index (χ4v) is 1.53. The summed E-state index contributed by atoms with van der Waals surface area (Å²) in [5, 5.41) is 13.4. The Labute approximate surface area is 103 Å². The Morgan fingerprint density at radius 1 is 1.31 bits per heavy atom. The quantitative estimate of drug-likeness (QED) is 0.803. The summed E-state index contributed by atoms with van der Waals surface area (Å²) < 4.78 is 0. The molecule has 0 aliphatic heterocycles. The van der Waals surface area contributed by atoms with E-state index in [2.05, 4.69) is 19.2 Å². The molecule has 0 amide bonds. The van der Waals surface area contributed by atoms with Crippen molar-refractivity contribution in [3.63, 3.8) is 0 Å². The second-order valence-electron chi connectivity index (χ2n) is 4.55. The van der Waals surface area contributed by atoms with Crippen LogP contribution in [0.2, 0.25) is 5.02 Å². The Morgan fingerprint density at radius 2 is 1.94 bits per heavy atom. The molecule has 0 aliphatic carbocycles. The average Bonchev–Trinajstić information content (AvgIpc) is 2.31. The van der Waals surface area contributed by atoms with Gasteiger partial charge < -0.3 is 10.4 Å². The monoisotopic (exact) mass is 241 g/mol. The van der Waals surface area contributed by atoms with Gasteiger partial charge in [-0.05, 0) is 24.1 Å². The summed E-state index contributed by atoms with van der Waals surface area (Å²) in [6, 6.07) is 7.81. The highest BCUT2D eigenvalue weighted by molar-refractivity contribution is 6.30. The maximum atomic E-state index is 9.26. The molecular formula is C13H20ClNO. The Kier molecular flexibility index (Phi) is 5.26. The second-order valence-corrected chi connectivity index (χ2v) is 4.99. The summed E-state index contributed by atoms with van der Waals surface area (Å²) in [5.41, 5.74) is 1.19. The predicted molar refractivity (Wildman–Crippen MR) is 68.6 cm³/mol. The summed E-state index contributed by atoms with van der Waals surface area (Å²) in [4.78, 5) is 0. The normalized spacial score (nSPS) is 14.8. The number of benzene rings is 1. The van der Waals surface area contributed by atoms with Gasteiger partial charge in [0.15, 0.2) is 0 Å². The lowest BCUT2D eigenvalue weighted by Gasteiger charge is -2.25. The fourth-order valence-electron chi connectivity index (χ4n) is 1.40. The van der Waals surface area contributed by atoms with Gasteiger partial charge in [0, 0.05) is 30.1 Å². The topological polar surface area (TPSA) is 32.3 Å². The van der Waals surface area contributed by atoms with Crippen molar-refractivity contribution in [1.29, 1.82) is 0 Å². The van der Waals surface area contributed by atoms with Crippen LogP contribution in [0.5, 0.6) is 0 Å². The molecule has 2 N–H and O–H groups in total. The van der Waals surface area contributed by atoms with E-state index in [1.807, 2.05) is 24.3 Å². The molecule has 2 nitrogen and oxygen atoms in total. The van der Waals surface area contributed by atoms with Crippen LogP contribution in [0.3, 0.4) is 0 Å². The highest BCUT2D eigenvalue weighted by Crippen LogP contribution is 2.18. The number of halogens is 1. The first-order chi connectivity index (χ1) is 7.59. The number of aliphatic hydroxyl groups is 1. The van der Waals surface area contributed by atoms with Gasteiger partial charge in [0.25, 0.3) is 0 Å². The van der Waals surface area contributed by atoms with Crippen molar-refractivity contribution in [2.24, 2.45) is 5.41 Å². The summed E-state index contributed by atoms with van der Waals surface area (Å²) in [7, 11) is 0. The zero-order valence-electron chi connectivity index (χ0n) is 9.96. The van der Waals surface area contributed by atoms with Crippen molar-refractivity contribution < 1.29 is 5.11 Å². The molecule has 0 spiro atoms. The largest absolute Gasteiger partial charge is 0.396 e. The summed E-state index contributed by atoms with van der Waals surface area (Å²) >= 11 is 5.81. The molecular weight excluding hydrogens is 222 g/mol. The van der Waals surface area contributed by atoms with Gasteiger partial charge in [0.1, 0.15) is 0 Å². The number of hydrogen-bond donors (Lipinski definition) is 2. The van der Waals surface area contributed by atoms with Crippen LogP contribution in [0.1, 0.15) is 25.8 Å². The molecule has 0 saturated carbocycles. The van der Waals surface area contributed by atoms with Gasteiger partial charge in [-0.3, -0.25) is 0 Å². The molecule has 1 aromatic carbocycles. The molecule has 0 saturated heterocycles. The van der Waals surface area contributed by atoms with Crippen LogP contribution in [0.4, 0.5) is 0 Å². The lowest BCUT2D eigenvalue weighted by molar-refractivity contribution is 0.135. The van der Waals surface area contributed by atoms with E-state index in [1.165, 1.54) is 5.56 Å². The van der Waals surface area contributed by atoms with Crippen molar-refractivity contribution in [2.45, 2.75) is 26.8 Å². The van der Waals surface area contributed by atoms with Gasteiger partial charge in [0.05, 0.1) is 0 Å². The van der Waals surface area contributed by atoms with E-state index in [-0.39, 0.29) is 12.0 Å². The molecule has 1 aromatic rings. The Bertz CT molecular complexity index is 306. The molecule has 0 bridgehead atoms. The van der Waals surface area contributed by atoms with Crippen LogP contribution in [0.15, 0.2) is 24.3 Å². The Hall–Kier alpha value is -0.570. The first-order valence-electron chi connectivity index (χ1n) is 5.66. The average molecular weight is 242 g/mol. The van der Waals surface area contributed by atoms with Crippen LogP contribution in [-0.4, -0.2) is 18.3 Å². The molecule has 0 aliphatic rings. The van der Waals surface area contributed by atoms with Gasteiger partial charge in [0.2, 0.25) is 0 Å². The smallest absolute Gasteiger partial charge is 0.0496 e. The zero-order chi connectivity index (χ0) is 12.0. The minimum absolute atomic E-state index is 0.0214. The van der Waals surface area contributed by atoms with E-state index in [4.69, 9.17) is 11.6 Å². The van der Waals surface area contributed by atoms with Crippen LogP contribution >= 0.6 is 11.6 Å². The molecule has 0 radical (unpaired) electrons. The van der Waals surface area contributed by atoms with Crippen molar-refractivity contribution in [3.8, 4) is 0 Å². The second kappa shape index (κ2) is 6.24. The highest BCUT2D eigenvalue weighted by Gasteiger charge is 2.19. The van der Waals surface area contributed by atoms with Crippen molar-refractivity contribution in [1.82, 2.24) is 5.32 Å². The number of hydrogen-bond acceptors (Lipinski definition) is 2. The van der Waals surface area contributed by atoms with Gasteiger partial charge in [-0.15, -0.1) is 0 Å². The standard InChI is InChI=1S/C13H20ClNO/c1-3-13(2,10-16)9-15-8-11-4-6-12(14)7-5-11/h4-7,15-16H,3,8-10H2,1-2H3. The molecule has 3 heteroatoms. The zero-order valence-corrected chi connectivity index (χ0v) is 10.7. The van der Waals surface area contributed by atoms with E-state index < -0.39 is 0 Å². The Morgan fingerprint density at radius 3 is 2.44 bits per heavy atom. The number of nitrogens with one attached hydrogen (secondary N) is 1. The minimum Gasteiger partial charge on any atom is -0.396 e. The van der Waals surface area contributed by atoms with E-state index in [9.17, 15) is 5.11 Å². The SMILES string of the molecule is CCC(C)(CO)CNCc1ccc(Cl)cc1. The van der Waals surface area contributed by atoms with Gasteiger partial charge in [-0.2, -0.15) is 0 Å². The fraction of sp³-hybridized carbons (Fsp3) is 0.538. The maximum Gasteiger partial charge on any atom is 0.0496 e. The molecule has 1 atom stereocenters. The van der Waals surface area contributed by atoms with E-state index in [0.29, 0.717) is 0 Å². The van der Waals surface area contributed by atoms with Crippen molar-refractivity contribution in [3.05, 3.63) is 34.9 Å². The number of aliphatic hydroxyl groups excluding tert-OH is 1. The lowest BCUT2D eigenvalue weighted by Crippen LogP contribution is -2.34. The maximum absolute atomic E-state index is 9.26. The molecule has 0 heterocycles. The van der Waals surface area contributed by atoms with Crippen molar-refractivity contribution >= 4 is 11.6 Å². The van der Waals surface area contributed by atoms with Crippen molar-refractivity contribution in [2.75, 3.05) is 13.2 Å². The van der Waals surface area contributed by atoms with E-state index >= 15 is 0 Å². The third-order valence-corrected chi connectivity index (χ3v) is 3.28. The summed E-state index contributed by atoms with van der Waals surface area (Å²) in [6.07, 6.45) is 0.969. The lowest BCUT2D eigenvalue weighted by atomic mass is 9.88. The van der Waals surface area contributed by atoms with E-state index in [1.54, 1.807) is 0 Å². The first-order valence-corrected chi connectivity index (χ1v) is 6.03. The van der Waals surface area contributed by atoms with Gasteiger partial charge in [-0.1, -0.05) is 37.6 Å².